The lowest BCUT2D eigenvalue weighted by Gasteiger charge is -2.04. The second kappa shape index (κ2) is 6.01. The number of rotatable bonds is 4. The summed E-state index contributed by atoms with van der Waals surface area (Å²) in [5.41, 5.74) is 0.312. The van der Waals surface area contributed by atoms with Crippen molar-refractivity contribution in [2.45, 2.75) is 13.3 Å². The maximum Gasteiger partial charge on any atom is 0.338 e. The Morgan fingerprint density at radius 1 is 1.35 bits per heavy atom. The highest BCUT2D eigenvalue weighted by Crippen LogP contribution is 2.12. The number of aryl methyl sites for hydroxylation is 1. The highest BCUT2D eigenvalue weighted by Gasteiger charge is 2.13. The molecule has 0 aliphatic carbocycles. The summed E-state index contributed by atoms with van der Waals surface area (Å²) in [7, 11) is 1.29. The van der Waals surface area contributed by atoms with Gasteiger partial charge in [0, 0.05) is 12.6 Å². The van der Waals surface area contributed by atoms with Gasteiger partial charge < -0.3 is 14.5 Å². The largest absolute Gasteiger partial charge is 0.465 e. The third-order valence-corrected chi connectivity index (χ3v) is 2.66. The van der Waals surface area contributed by atoms with Gasteiger partial charge in [0.25, 0.3) is 5.91 Å². The van der Waals surface area contributed by atoms with E-state index in [0.29, 0.717) is 12.0 Å². The molecule has 104 valence electrons. The van der Waals surface area contributed by atoms with Crippen LogP contribution in [0, 0.1) is 0 Å². The number of carbonyl (C=O) groups excluding carboxylic acids is 2. The number of furan rings is 1. The molecule has 0 unspecified atom stereocenters. The van der Waals surface area contributed by atoms with E-state index in [-0.39, 0.29) is 11.6 Å². The molecule has 2 heterocycles. The van der Waals surface area contributed by atoms with Gasteiger partial charge in [-0.05, 0) is 24.3 Å². The van der Waals surface area contributed by atoms with E-state index in [9.17, 15) is 9.59 Å². The fourth-order valence-corrected chi connectivity index (χ4v) is 1.61. The number of esters is 1. The standard InChI is InChI=1S/C14H14N2O4/c1-3-10-4-5-11(20-10)13(17)16-12-8-9(6-7-15-12)14(18)19-2/h4-8H,3H2,1-2H3,(H,15,16,17). The van der Waals surface area contributed by atoms with Crippen molar-refractivity contribution in [3.05, 3.63) is 47.5 Å². The third kappa shape index (κ3) is 3.03. The van der Waals surface area contributed by atoms with Crippen molar-refractivity contribution < 1.29 is 18.7 Å². The van der Waals surface area contributed by atoms with Crippen LogP contribution in [0.5, 0.6) is 0 Å². The number of aromatic nitrogens is 1. The molecular weight excluding hydrogens is 260 g/mol. The Bertz CT molecular complexity index is 634. The summed E-state index contributed by atoms with van der Waals surface area (Å²) in [6.45, 7) is 1.93. The van der Waals surface area contributed by atoms with E-state index in [4.69, 9.17) is 4.42 Å². The molecule has 0 radical (unpaired) electrons. The van der Waals surface area contributed by atoms with Crippen LogP contribution in [0.15, 0.2) is 34.9 Å². The Kier molecular flexibility index (Phi) is 4.14. The molecule has 2 aromatic rings. The Labute approximate surface area is 115 Å². The van der Waals surface area contributed by atoms with E-state index in [1.807, 2.05) is 6.92 Å². The summed E-state index contributed by atoms with van der Waals surface area (Å²) in [6.07, 6.45) is 2.13. The lowest BCUT2D eigenvalue weighted by molar-refractivity contribution is 0.0600. The number of pyridine rings is 1. The topological polar surface area (TPSA) is 81.4 Å². The molecule has 0 aromatic carbocycles. The summed E-state index contributed by atoms with van der Waals surface area (Å²) in [4.78, 5) is 27.3. The zero-order valence-corrected chi connectivity index (χ0v) is 11.2. The quantitative estimate of drug-likeness (QED) is 0.865. The molecule has 0 fully saturated rings. The molecule has 6 heteroatoms. The summed E-state index contributed by atoms with van der Waals surface area (Å²) in [5, 5.41) is 2.56. The molecule has 0 saturated carbocycles. The SMILES string of the molecule is CCc1ccc(C(=O)Nc2cc(C(=O)OC)ccn2)o1. The number of anilines is 1. The Morgan fingerprint density at radius 2 is 2.15 bits per heavy atom. The van der Waals surface area contributed by atoms with Gasteiger partial charge in [-0.15, -0.1) is 0 Å². The molecular formula is C14H14N2O4. The number of nitrogens with one attached hydrogen (secondary N) is 1. The maximum atomic E-state index is 11.9. The fraction of sp³-hybridized carbons (Fsp3) is 0.214. The molecule has 0 bridgehead atoms. The van der Waals surface area contributed by atoms with E-state index in [1.165, 1.54) is 25.4 Å². The first-order chi connectivity index (χ1) is 9.63. The van der Waals surface area contributed by atoms with Gasteiger partial charge in [-0.2, -0.15) is 0 Å². The zero-order valence-electron chi connectivity index (χ0n) is 11.2. The summed E-state index contributed by atoms with van der Waals surface area (Å²) >= 11 is 0. The lowest BCUT2D eigenvalue weighted by Crippen LogP contribution is -2.13. The molecule has 2 rings (SSSR count). The first-order valence-electron chi connectivity index (χ1n) is 6.08. The Balaban J connectivity index is 2.13. The lowest BCUT2D eigenvalue weighted by atomic mass is 10.2. The number of hydrogen-bond acceptors (Lipinski definition) is 5. The average Bonchev–Trinajstić information content (AvgIpc) is 2.95. The zero-order chi connectivity index (χ0) is 14.5. The minimum atomic E-state index is -0.492. The summed E-state index contributed by atoms with van der Waals surface area (Å²) in [5.74, 6) is 0.277. The predicted octanol–water partition coefficient (Wildman–Crippen LogP) is 2.28. The van der Waals surface area contributed by atoms with Crippen molar-refractivity contribution in [3.63, 3.8) is 0 Å². The molecule has 0 aliphatic rings. The van der Waals surface area contributed by atoms with Crippen molar-refractivity contribution in [3.8, 4) is 0 Å². The molecule has 6 nitrogen and oxygen atoms in total. The minimum Gasteiger partial charge on any atom is -0.465 e. The molecule has 0 atom stereocenters. The summed E-state index contributed by atoms with van der Waals surface area (Å²) in [6, 6.07) is 6.28. The monoisotopic (exact) mass is 274 g/mol. The van der Waals surface area contributed by atoms with Gasteiger partial charge in [-0.3, -0.25) is 4.79 Å². The van der Waals surface area contributed by atoms with Gasteiger partial charge in [-0.1, -0.05) is 6.92 Å². The molecule has 20 heavy (non-hydrogen) atoms. The fourth-order valence-electron chi connectivity index (χ4n) is 1.61. The second-order valence-corrected chi connectivity index (χ2v) is 3.99. The molecule has 1 N–H and O–H groups in total. The van der Waals surface area contributed by atoms with Gasteiger partial charge in [0.05, 0.1) is 12.7 Å². The van der Waals surface area contributed by atoms with Gasteiger partial charge in [0.15, 0.2) is 5.76 Å². The molecule has 2 aromatic heterocycles. The third-order valence-electron chi connectivity index (χ3n) is 2.66. The van der Waals surface area contributed by atoms with E-state index in [0.717, 1.165) is 5.76 Å². The summed E-state index contributed by atoms with van der Waals surface area (Å²) < 4.78 is 9.94. The van der Waals surface area contributed by atoms with E-state index in [1.54, 1.807) is 12.1 Å². The highest BCUT2D eigenvalue weighted by molar-refractivity contribution is 6.02. The van der Waals surface area contributed by atoms with Crippen molar-refractivity contribution in [2.75, 3.05) is 12.4 Å². The predicted molar refractivity (Wildman–Crippen MR) is 71.6 cm³/mol. The first kappa shape index (κ1) is 13.8. The number of nitrogens with zero attached hydrogens (tertiary/aromatic N) is 1. The van der Waals surface area contributed by atoms with Crippen molar-refractivity contribution >= 4 is 17.7 Å². The van der Waals surface area contributed by atoms with Crippen molar-refractivity contribution in [1.82, 2.24) is 4.98 Å². The van der Waals surface area contributed by atoms with Crippen LogP contribution in [0.25, 0.3) is 0 Å². The van der Waals surface area contributed by atoms with Crippen LogP contribution in [0.4, 0.5) is 5.82 Å². The van der Waals surface area contributed by atoms with Gasteiger partial charge in [0.2, 0.25) is 0 Å². The van der Waals surface area contributed by atoms with Gasteiger partial charge in [-0.25, -0.2) is 9.78 Å². The van der Waals surface area contributed by atoms with Crippen LogP contribution in [0.2, 0.25) is 0 Å². The van der Waals surface area contributed by atoms with E-state index in [2.05, 4.69) is 15.0 Å². The first-order valence-corrected chi connectivity index (χ1v) is 6.08. The van der Waals surface area contributed by atoms with E-state index >= 15 is 0 Å². The van der Waals surface area contributed by atoms with Gasteiger partial charge >= 0.3 is 5.97 Å². The molecule has 0 aliphatic heterocycles. The van der Waals surface area contributed by atoms with Crippen LogP contribution < -0.4 is 5.32 Å². The smallest absolute Gasteiger partial charge is 0.338 e. The number of carbonyl (C=O) groups is 2. The van der Waals surface area contributed by atoms with Crippen LogP contribution in [0.1, 0.15) is 33.6 Å². The Hall–Kier alpha value is -2.63. The van der Waals surface area contributed by atoms with E-state index < -0.39 is 11.9 Å². The number of methoxy groups -OCH3 is 1. The highest BCUT2D eigenvalue weighted by atomic mass is 16.5. The molecule has 0 saturated heterocycles. The Morgan fingerprint density at radius 3 is 2.80 bits per heavy atom. The number of hydrogen-bond donors (Lipinski definition) is 1. The van der Waals surface area contributed by atoms with Crippen molar-refractivity contribution in [1.29, 1.82) is 0 Å². The second-order valence-electron chi connectivity index (χ2n) is 3.99. The normalized spacial score (nSPS) is 10.1. The minimum absolute atomic E-state index is 0.201. The van der Waals surface area contributed by atoms with Gasteiger partial charge in [0.1, 0.15) is 11.6 Å². The maximum absolute atomic E-state index is 11.9. The van der Waals surface area contributed by atoms with Crippen LogP contribution >= 0.6 is 0 Å². The van der Waals surface area contributed by atoms with Crippen LogP contribution in [0.3, 0.4) is 0 Å². The number of ether oxygens (including phenoxy) is 1. The molecule has 1 amide bonds. The van der Waals surface area contributed by atoms with Crippen molar-refractivity contribution in [2.24, 2.45) is 0 Å². The number of amides is 1. The average molecular weight is 274 g/mol. The van der Waals surface area contributed by atoms with Crippen LogP contribution in [-0.2, 0) is 11.2 Å². The molecule has 0 spiro atoms. The van der Waals surface area contributed by atoms with Crippen LogP contribution in [-0.4, -0.2) is 24.0 Å².